The van der Waals surface area contributed by atoms with Crippen LogP contribution in [-0.4, -0.2) is 31.6 Å². The summed E-state index contributed by atoms with van der Waals surface area (Å²) < 4.78 is 10.7. The number of nitrogens with zero attached hydrogens (tertiary/aromatic N) is 1. The van der Waals surface area contributed by atoms with Gasteiger partial charge in [0.2, 0.25) is 0 Å². The molecule has 2 aromatic rings. The summed E-state index contributed by atoms with van der Waals surface area (Å²) in [5, 5.41) is 0. The molecular weight excluding hydrogens is 278 g/mol. The van der Waals surface area contributed by atoms with Gasteiger partial charge in [-0.1, -0.05) is 36.4 Å². The maximum absolute atomic E-state index is 12.7. The predicted molar refractivity (Wildman–Crippen MR) is 84.4 cm³/mol. The van der Waals surface area contributed by atoms with Crippen molar-refractivity contribution in [1.82, 2.24) is 4.90 Å². The third kappa shape index (κ3) is 2.52. The highest BCUT2D eigenvalue weighted by molar-refractivity contribution is 6.01. The van der Waals surface area contributed by atoms with Gasteiger partial charge >= 0.3 is 0 Å². The standard InChI is InChI=1S/C18H19NO3/c1-21-15-9-8-14-12-19(18(20)16(14)17(15)22-2)11-10-13-6-4-3-5-7-13/h3-9H,10-12H2,1-2H3. The molecule has 0 fully saturated rings. The molecule has 114 valence electrons. The van der Waals surface area contributed by atoms with Crippen molar-refractivity contribution in [3.63, 3.8) is 0 Å². The van der Waals surface area contributed by atoms with E-state index in [1.807, 2.05) is 35.2 Å². The van der Waals surface area contributed by atoms with Crippen molar-refractivity contribution >= 4 is 5.91 Å². The number of carbonyl (C=O) groups is 1. The van der Waals surface area contributed by atoms with E-state index in [2.05, 4.69) is 12.1 Å². The maximum atomic E-state index is 12.7. The summed E-state index contributed by atoms with van der Waals surface area (Å²) in [6, 6.07) is 14.0. The summed E-state index contributed by atoms with van der Waals surface area (Å²) in [6.45, 7) is 1.32. The Balaban J connectivity index is 1.79. The number of hydrogen-bond donors (Lipinski definition) is 0. The van der Waals surface area contributed by atoms with Gasteiger partial charge < -0.3 is 14.4 Å². The fraction of sp³-hybridized carbons (Fsp3) is 0.278. The molecule has 0 aromatic heterocycles. The van der Waals surface area contributed by atoms with Gasteiger partial charge in [0.25, 0.3) is 5.91 Å². The van der Waals surface area contributed by atoms with Crippen LogP contribution in [0.25, 0.3) is 0 Å². The Hall–Kier alpha value is -2.49. The number of rotatable bonds is 5. The van der Waals surface area contributed by atoms with E-state index in [1.54, 1.807) is 14.2 Å². The lowest BCUT2D eigenvalue weighted by Crippen LogP contribution is -2.26. The van der Waals surface area contributed by atoms with Gasteiger partial charge in [0, 0.05) is 13.1 Å². The molecule has 22 heavy (non-hydrogen) atoms. The second kappa shape index (κ2) is 6.10. The molecule has 0 radical (unpaired) electrons. The van der Waals surface area contributed by atoms with E-state index in [1.165, 1.54) is 5.56 Å². The van der Waals surface area contributed by atoms with E-state index in [0.29, 0.717) is 30.2 Å². The van der Waals surface area contributed by atoms with Crippen LogP contribution in [0.2, 0.25) is 0 Å². The summed E-state index contributed by atoms with van der Waals surface area (Å²) in [4.78, 5) is 14.5. The highest BCUT2D eigenvalue weighted by Crippen LogP contribution is 2.38. The van der Waals surface area contributed by atoms with Crippen LogP contribution >= 0.6 is 0 Å². The number of methoxy groups -OCH3 is 2. The second-order valence-electron chi connectivity index (χ2n) is 5.30. The Morgan fingerprint density at radius 1 is 1.05 bits per heavy atom. The highest BCUT2D eigenvalue weighted by Gasteiger charge is 2.32. The molecule has 2 aromatic carbocycles. The normalized spacial score (nSPS) is 13.2. The lowest BCUT2D eigenvalue weighted by atomic mass is 10.1. The van der Waals surface area contributed by atoms with Crippen LogP contribution in [0.15, 0.2) is 42.5 Å². The molecule has 0 atom stereocenters. The third-order valence-corrected chi connectivity index (χ3v) is 4.01. The van der Waals surface area contributed by atoms with Gasteiger partial charge in [0.05, 0.1) is 19.8 Å². The van der Waals surface area contributed by atoms with Crippen LogP contribution in [0.1, 0.15) is 21.5 Å². The number of benzene rings is 2. The molecule has 0 aliphatic carbocycles. The maximum Gasteiger partial charge on any atom is 0.258 e. The lowest BCUT2D eigenvalue weighted by molar-refractivity contribution is 0.0777. The molecular formula is C18H19NO3. The van der Waals surface area contributed by atoms with Crippen LogP contribution < -0.4 is 9.47 Å². The molecule has 1 heterocycles. The van der Waals surface area contributed by atoms with Crippen molar-refractivity contribution in [2.24, 2.45) is 0 Å². The van der Waals surface area contributed by atoms with Gasteiger partial charge in [0.15, 0.2) is 11.5 Å². The summed E-state index contributed by atoms with van der Waals surface area (Å²) in [5.74, 6) is 1.15. The third-order valence-electron chi connectivity index (χ3n) is 4.01. The molecule has 1 amide bonds. The number of carbonyl (C=O) groups excluding carboxylic acids is 1. The van der Waals surface area contributed by atoms with Crippen molar-refractivity contribution in [2.45, 2.75) is 13.0 Å². The average molecular weight is 297 g/mol. The molecule has 3 rings (SSSR count). The molecule has 1 aliphatic rings. The van der Waals surface area contributed by atoms with Gasteiger partial charge in [-0.2, -0.15) is 0 Å². The number of fused-ring (bicyclic) bond motifs is 1. The molecule has 4 nitrogen and oxygen atoms in total. The molecule has 0 saturated heterocycles. The SMILES string of the molecule is COc1ccc2c(c1OC)C(=O)N(CCc1ccccc1)C2. The molecule has 1 aliphatic heterocycles. The molecule has 0 saturated carbocycles. The van der Waals surface area contributed by atoms with Crippen LogP contribution in [-0.2, 0) is 13.0 Å². The van der Waals surface area contributed by atoms with Crippen molar-refractivity contribution in [2.75, 3.05) is 20.8 Å². The first-order valence-corrected chi connectivity index (χ1v) is 7.31. The Labute approximate surface area is 130 Å². The molecule has 0 N–H and O–H groups in total. The van der Waals surface area contributed by atoms with Crippen molar-refractivity contribution in [3.05, 3.63) is 59.2 Å². The fourth-order valence-corrected chi connectivity index (χ4v) is 2.86. The Morgan fingerprint density at radius 2 is 1.82 bits per heavy atom. The number of ether oxygens (including phenoxy) is 2. The van der Waals surface area contributed by atoms with Gasteiger partial charge in [-0.25, -0.2) is 0 Å². The van der Waals surface area contributed by atoms with Crippen LogP contribution in [0.5, 0.6) is 11.5 Å². The minimum atomic E-state index is 0.0154. The average Bonchev–Trinajstić information content (AvgIpc) is 2.89. The zero-order chi connectivity index (χ0) is 15.5. The first-order valence-electron chi connectivity index (χ1n) is 7.31. The van der Waals surface area contributed by atoms with Gasteiger partial charge in [-0.3, -0.25) is 4.79 Å². The van der Waals surface area contributed by atoms with E-state index >= 15 is 0 Å². The van der Waals surface area contributed by atoms with E-state index < -0.39 is 0 Å². The van der Waals surface area contributed by atoms with Gasteiger partial charge in [0.1, 0.15) is 0 Å². The molecule has 0 spiro atoms. The quantitative estimate of drug-likeness (QED) is 0.852. The largest absolute Gasteiger partial charge is 0.493 e. The number of amides is 1. The highest BCUT2D eigenvalue weighted by atomic mass is 16.5. The van der Waals surface area contributed by atoms with E-state index in [-0.39, 0.29) is 5.91 Å². The summed E-state index contributed by atoms with van der Waals surface area (Å²) in [6.07, 6.45) is 0.847. The summed E-state index contributed by atoms with van der Waals surface area (Å²) in [7, 11) is 3.15. The Kier molecular flexibility index (Phi) is 4.00. The topological polar surface area (TPSA) is 38.8 Å². The smallest absolute Gasteiger partial charge is 0.258 e. The second-order valence-corrected chi connectivity index (χ2v) is 5.30. The van der Waals surface area contributed by atoms with Gasteiger partial charge in [-0.15, -0.1) is 0 Å². The predicted octanol–water partition coefficient (Wildman–Crippen LogP) is 2.90. The van der Waals surface area contributed by atoms with E-state index in [9.17, 15) is 4.79 Å². The van der Waals surface area contributed by atoms with E-state index in [0.717, 1.165) is 12.0 Å². The van der Waals surface area contributed by atoms with Crippen molar-refractivity contribution in [3.8, 4) is 11.5 Å². The first-order chi connectivity index (χ1) is 10.7. The minimum absolute atomic E-state index is 0.0154. The summed E-state index contributed by atoms with van der Waals surface area (Å²) >= 11 is 0. The van der Waals surface area contributed by atoms with Gasteiger partial charge in [-0.05, 0) is 23.6 Å². The molecule has 0 bridgehead atoms. The Bertz CT molecular complexity index is 682. The first kappa shape index (κ1) is 14.4. The fourth-order valence-electron chi connectivity index (χ4n) is 2.86. The zero-order valence-corrected chi connectivity index (χ0v) is 12.8. The van der Waals surface area contributed by atoms with Crippen molar-refractivity contribution < 1.29 is 14.3 Å². The lowest BCUT2D eigenvalue weighted by Gasteiger charge is -2.15. The van der Waals surface area contributed by atoms with Crippen LogP contribution in [0.3, 0.4) is 0 Å². The minimum Gasteiger partial charge on any atom is -0.493 e. The molecule has 0 unspecified atom stereocenters. The number of hydrogen-bond acceptors (Lipinski definition) is 3. The Morgan fingerprint density at radius 3 is 2.50 bits per heavy atom. The van der Waals surface area contributed by atoms with E-state index in [4.69, 9.17) is 9.47 Å². The summed E-state index contributed by atoms with van der Waals surface area (Å²) in [5.41, 5.74) is 2.86. The van der Waals surface area contributed by atoms with Crippen LogP contribution in [0.4, 0.5) is 0 Å². The zero-order valence-electron chi connectivity index (χ0n) is 12.8. The molecule has 4 heteroatoms. The van der Waals surface area contributed by atoms with Crippen molar-refractivity contribution in [1.29, 1.82) is 0 Å². The van der Waals surface area contributed by atoms with Crippen LogP contribution in [0, 0.1) is 0 Å². The monoisotopic (exact) mass is 297 g/mol.